The zero-order chi connectivity index (χ0) is 9.90. The van der Waals surface area contributed by atoms with Gasteiger partial charge in [-0.2, -0.15) is 8.78 Å². The zero-order valence-electron chi connectivity index (χ0n) is 7.08. The summed E-state index contributed by atoms with van der Waals surface area (Å²) in [4.78, 5) is 0. The van der Waals surface area contributed by atoms with Crippen LogP contribution in [0.4, 0.5) is 8.78 Å². The fourth-order valence-corrected chi connectivity index (χ4v) is 0.951. The Morgan fingerprint density at radius 3 is 2.31 bits per heavy atom. The molecule has 0 radical (unpaired) electrons. The number of alkyl halides is 2. The molecule has 72 valence electrons. The number of aliphatic hydroxyl groups is 1. The number of rotatable bonds is 3. The molecule has 1 aromatic rings. The van der Waals surface area contributed by atoms with Crippen molar-refractivity contribution in [1.82, 2.24) is 0 Å². The van der Waals surface area contributed by atoms with E-state index in [0.29, 0.717) is 0 Å². The van der Waals surface area contributed by atoms with E-state index >= 15 is 0 Å². The lowest BCUT2D eigenvalue weighted by molar-refractivity contribution is -0.228. The summed E-state index contributed by atoms with van der Waals surface area (Å²) < 4.78 is 30.5. The second-order valence-corrected chi connectivity index (χ2v) is 2.58. The molecule has 0 amide bonds. The molecule has 0 aromatic heterocycles. The van der Waals surface area contributed by atoms with Crippen LogP contribution in [-0.2, 0) is 10.7 Å². The van der Waals surface area contributed by atoms with Crippen molar-refractivity contribution in [3.8, 4) is 0 Å². The Morgan fingerprint density at radius 2 is 1.85 bits per heavy atom. The summed E-state index contributed by atoms with van der Waals surface area (Å²) in [6.07, 6.45) is -2.10. The Morgan fingerprint density at radius 1 is 1.31 bits per heavy atom. The van der Waals surface area contributed by atoms with Gasteiger partial charge >= 0.3 is 5.92 Å². The van der Waals surface area contributed by atoms with Crippen molar-refractivity contribution >= 4 is 0 Å². The molecule has 0 aliphatic carbocycles. The predicted molar refractivity (Wildman–Crippen MR) is 43.4 cm³/mol. The van der Waals surface area contributed by atoms with Gasteiger partial charge in [-0.05, 0) is 0 Å². The Balaban J connectivity index is 2.93. The van der Waals surface area contributed by atoms with E-state index in [2.05, 4.69) is 4.74 Å². The summed E-state index contributed by atoms with van der Waals surface area (Å²) in [5.41, 5.74) is -0.260. The highest BCUT2D eigenvalue weighted by Gasteiger charge is 2.40. The van der Waals surface area contributed by atoms with Crippen molar-refractivity contribution < 1.29 is 18.6 Å². The molecule has 1 N–H and O–H groups in total. The third-order valence-corrected chi connectivity index (χ3v) is 1.69. The van der Waals surface area contributed by atoms with Gasteiger partial charge in [0.1, 0.15) is 0 Å². The molecule has 0 fully saturated rings. The van der Waals surface area contributed by atoms with Gasteiger partial charge in [0, 0.05) is 12.7 Å². The van der Waals surface area contributed by atoms with Crippen LogP contribution in [-0.4, -0.2) is 18.5 Å². The highest BCUT2D eigenvalue weighted by Crippen LogP contribution is 2.31. The van der Waals surface area contributed by atoms with E-state index < -0.39 is 12.2 Å². The third-order valence-electron chi connectivity index (χ3n) is 1.69. The van der Waals surface area contributed by atoms with Crippen LogP contribution in [0.2, 0.25) is 0 Å². The number of ether oxygens (including phenoxy) is 1. The predicted octanol–water partition coefficient (Wildman–Crippen LogP) is 1.74. The molecule has 0 aliphatic rings. The lowest BCUT2D eigenvalue weighted by Crippen LogP contribution is -2.32. The number of methoxy groups -OCH3 is 1. The van der Waals surface area contributed by atoms with Gasteiger partial charge < -0.3 is 9.84 Å². The number of hydrogen-bond donors (Lipinski definition) is 1. The molecule has 0 bridgehead atoms. The maximum Gasteiger partial charge on any atom is 0.322 e. The molecular weight excluding hydrogens is 178 g/mol. The highest BCUT2D eigenvalue weighted by molar-refractivity contribution is 5.20. The average molecular weight is 188 g/mol. The van der Waals surface area contributed by atoms with Crippen molar-refractivity contribution in [2.45, 2.75) is 12.2 Å². The average Bonchev–Trinajstić information content (AvgIpc) is 2.18. The number of aliphatic hydroxyl groups excluding tert-OH is 1. The quantitative estimate of drug-likeness (QED) is 0.732. The maximum atomic E-state index is 13.2. The smallest absolute Gasteiger partial charge is 0.322 e. The fourth-order valence-electron chi connectivity index (χ4n) is 0.951. The standard InChI is InChI=1S/C9H10F2O2/c1-13-8(12)9(10,11)7-5-3-2-4-6-7/h2-6,8,12H,1H3. The summed E-state index contributed by atoms with van der Waals surface area (Å²) in [7, 11) is 1.03. The summed E-state index contributed by atoms with van der Waals surface area (Å²) in [6.45, 7) is 0. The first-order chi connectivity index (χ1) is 6.09. The molecule has 2 nitrogen and oxygen atoms in total. The van der Waals surface area contributed by atoms with Crippen LogP contribution in [0.1, 0.15) is 5.56 Å². The Kier molecular flexibility index (Phi) is 2.95. The van der Waals surface area contributed by atoms with Crippen molar-refractivity contribution in [2.24, 2.45) is 0 Å². The summed E-state index contributed by atoms with van der Waals surface area (Å²) in [5, 5.41) is 8.87. The normalized spacial score (nSPS) is 14.2. The van der Waals surface area contributed by atoms with Crippen molar-refractivity contribution in [3.05, 3.63) is 35.9 Å². The van der Waals surface area contributed by atoms with E-state index in [1.807, 2.05) is 0 Å². The zero-order valence-corrected chi connectivity index (χ0v) is 7.08. The van der Waals surface area contributed by atoms with E-state index in [9.17, 15) is 8.78 Å². The summed E-state index contributed by atoms with van der Waals surface area (Å²) in [5.74, 6) is -3.37. The first-order valence-electron chi connectivity index (χ1n) is 3.73. The summed E-state index contributed by atoms with van der Waals surface area (Å²) >= 11 is 0. The SMILES string of the molecule is COC(O)C(F)(F)c1ccccc1. The maximum absolute atomic E-state index is 13.2. The lowest BCUT2D eigenvalue weighted by atomic mass is 10.1. The molecule has 0 saturated carbocycles. The van der Waals surface area contributed by atoms with Gasteiger partial charge in [-0.15, -0.1) is 0 Å². The molecule has 1 atom stereocenters. The molecule has 13 heavy (non-hydrogen) atoms. The minimum atomic E-state index is -3.37. The van der Waals surface area contributed by atoms with E-state index in [1.165, 1.54) is 24.3 Å². The number of halogens is 2. The first kappa shape index (κ1) is 10.1. The van der Waals surface area contributed by atoms with Crippen LogP contribution < -0.4 is 0 Å². The molecule has 0 saturated heterocycles. The van der Waals surface area contributed by atoms with Crippen LogP contribution in [0.5, 0.6) is 0 Å². The molecule has 0 aliphatic heterocycles. The van der Waals surface area contributed by atoms with Crippen LogP contribution in [0.25, 0.3) is 0 Å². The van der Waals surface area contributed by atoms with Gasteiger partial charge in [0.05, 0.1) is 0 Å². The van der Waals surface area contributed by atoms with E-state index in [-0.39, 0.29) is 5.56 Å². The van der Waals surface area contributed by atoms with Gasteiger partial charge in [0.25, 0.3) is 0 Å². The molecule has 1 rings (SSSR count). The van der Waals surface area contributed by atoms with Crippen molar-refractivity contribution in [2.75, 3.05) is 7.11 Å². The minimum absolute atomic E-state index is 0.260. The molecular formula is C9H10F2O2. The topological polar surface area (TPSA) is 29.5 Å². The molecule has 0 spiro atoms. The van der Waals surface area contributed by atoms with Gasteiger partial charge in [-0.1, -0.05) is 30.3 Å². The van der Waals surface area contributed by atoms with E-state index in [0.717, 1.165) is 7.11 Å². The molecule has 1 unspecified atom stereocenters. The minimum Gasteiger partial charge on any atom is -0.363 e. The van der Waals surface area contributed by atoms with Crippen LogP contribution in [0, 0.1) is 0 Å². The first-order valence-corrected chi connectivity index (χ1v) is 3.73. The van der Waals surface area contributed by atoms with Gasteiger partial charge in [-0.25, -0.2) is 0 Å². The van der Waals surface area contributed by atoms with Crippen molar-refractivity contribution in [3.63, 3.8) is 0 Å². The molecule has 1 aromatic carbocycles. The fraction of sp³-hybridized carbons (Fsp3) is 0.333. The third kappa shape index (κ3) is 2.02. The van der Waals surface area contributed by atoms with Crippen LogP contribution in [0.15, 0.2) is 30.3 Å². The second kappa shape index (κ2) is 3.81. The largest absolute Gasteiger partial charge is 0.363 e. The Labute approximate surface area is 74.8 Å². The van der Waals surface area contributed by atoms with E-state index in [1.54, 1.807) is 6.07 Å². The lowest BCUT2D eigenvalue weighted by Gasteiger charge is -2.21. The van der Waals surface area contributed by atoms with Crippen molar-refractivity contribution in [1.29, 1.82) is 0 Å². The molecule has 0 heterocycles. The van der Waals surface area contributed by atoms with Gasteiger partial charge in [0.2, 0.25) is 6.29 Å². The Bertz CT molecular complexity index is 262. The number of benzene rings is 1. The van der Waals surface area contributed by atoms with E-state index in [4.69, 9.17) is 5.11 Å². The van der Waals surface area contributed by atoms with Crippen LogP contribution in [0.3, 0.4) is 0 Å². The van der Waals surface area contributed by atoms with Gasteiger partial charge in [-0.3, -0.25) is 0 Å². The van der Waals surface area contributed by atoms with Crippen LogP contribution >= 0.6 is 0 Å². The summed E-state index contributed by atoms with van der Waals surface area (Å²) in [6, 6.07) is 7.06. The number of hydrogen-bond acceptors (Lipinski definition) is 2. The monoisotopic (exact) mass is 188 g/mol. The molecule has 4 heteroatoms. The Hall–Kier alpha value is -1.00. The highest BCUT2D eigenvalue weighted by atomic mass is 19.3. The second-order valence-electron chi connectivity index (χ2n) is 2.58. The van der Waals surface area contributed by atoms with Gasteiger partial charge in [0.15, 0.2) is 0 Å².